The summed E-state index contributed by atoms with van der Waals surface area (Å²) in [5.74, 6) is 0.566. The van der Waals surface area contributed by atoms with Gasteiger partial charge in [0.25, 0.3) is 0 Å². The van der Waals surface area contributed by atoms with Gasteiger partial charge in [-0.1, -0.05) is 39.1 Å². The minimum atomic E-state index is -0.233. The number of nitrogens with one attached hydrogen (secondary N) is 2. The third-order valence-corrected chi connectivity index (χ3v) is 3.23. The number of pyridine rings is 1. The number of amides is 1. The van der Waals surface area contributed by atoms with Crippen LogP contribution in [0.1, 0.15) is 26.3 Å². The zero-order chi connectivity index (χ0) is 18.1. The van der Waals surface area contributed by atoms with E-state index in [2.05, 4.69) is 28.8 Å². The Balaban J connectivity index is 0.00000139. The van der Waals surface area contributed by atoms with Crippen LogP contribution in [0.3, 0.4) is 0 Å². The monoisotopic (exact) mass is 323 g/mol. The molecule has 2 rings (SSSR count). The van der Waals surface area contributed by atoms with Crippen LogP contribution < -0.4 is 10.6 Å². The second kappa shape index (κ2) is 9.30. The van der Waals surface area contributed by atoms with E-state index >= 15 is 0 Å². The van der Waals surface area contributed by atoms with Crippen molar-refractivity contribution in [1.29, 1.82) is 0 Å². The second-order valence-corrected chi connectivity index (χ2v) is 4.92. The highest BCUT2D eigenvalue weighted by molar-refractivity contribution is 5.99. The van der Waals surface area contributed by atoms with Gasteiger partial charge in [0, 0.05) is 30.1 Å². The fourth-order valence-electron chi connectivity index (χ4n) is 2.12. The average Bonchev–Trinajstić information content (AvgIpc) is 2.62. The third kappa shape index (κ3) is 4.81. The standard InChI is InChI=1S/C18H19N3O.C2H6/c1-5-17(22)21-15-8-6-7-13(9-15)14-10-16(12(2)3)18(19-4)20-11-14;1-2/h5-11H,1-2H2,3-4H3,(H,19,20)(H,21,22);1-2H3. The average molecular weight is 323 g/mol. The SMILES string of the molecule is C=CC(=O)Nc1cccc(-c2cnc(NC)c(C(=C)C)c2)c1.CC. The van der Waals surface area contributed by atoms with Crippen LogP contribution in [0.5, 0.6) is 0 Å². The summed E-state index contributed by atoms with van der Waals surface area (Å²) in [7, 11) is 1.83. The first-order chi connectivity index (χ1) is 11.5. The molecule has 4 nitrogen and oxygen atoms in total. The lowest BCUT2D eigenvalue weighted by atomic mass is 10.0. The van der Waals surface area contributed by atoms with Crippen LogP contribution in [-0.2, 0) is 4.79 Å². The quantitative estimate of drug-likeness (QED) is 0.763. The van der Waals surface area contributed by atoms with Crippen LogP contribution in [0.4, 0.5) is 11.5 Å². The van der Waals surface area contributed by atoms with Crippen LogP contribution in [0.25, 0.3) is 16.7 Å². The minimum absolute atomic E-state index is 0.233. The topological polar surface area (TPSA) is 54.0 Å². The lowest BCUT2D eigenvalue weighted by Crippen LogP contribution is -2.07. The van der Waals surface area contributed by atoms with E-state index in [0.717, 1.165) is 33.8 Å². The largest absolute Gasteiger partial charge is 0.373 e. The van der Waals surface area contributed by atoms with Gasteiger partial charge in [0.2, 0.25) is 5.91 Å². The Hall–Kier alpha value is -2.88. The minimum Gasteiger partial charge on any atom is -0.373 e. The van der Waals surface area contributed by atoms with Crippen LogP contribution in [0.2, 0.25) is 0 Å². The van der Waals surface area contributed by atoms with Crippen molar-refractivity contribution < 1.29 is 4.79 Å². The summed E-state index contributed by atoms with van der Waals surface area (Å²) in [5.41, 5.74) is 4.57. The molecule has 24 heavy (non-hydrogen) atoms. The van der Waals surface area contributed by atoms with Gasteiger partial charge in [0.15, 0.2) is 0 Å². The van der Waals surface area contributed by atoms with Gasteiger partial charge in [-0.25, -0.2) is 4.98 Å². The predicted molar refractivity (Wildman–Crippen MR) is 104 cm³/mol. The molecular weight excluding hydrogens is 298 g/mol. The number of hydrogen-bond acceptors (Lipinski definition) is 3. The second-order valence-electron chi connectivity index (χ2n) is 4.92. The molecule has 1 aromatic heterocycles. The number of carbonyl (C=O) groups excluding carboxylic acids is 1. The smallest absolute Gasteiger partial charge is 0.247 e. The van der Waals surface area contributed by atoms with Gasteiger partial charge >= 0.3 is 0 Å². The van der Waals surface area contributed by atoms with Gasteiger partial charge in [-0.15, -0.1) is 0 Å². The number of rotatable bonds is 5. The summed E-state index contributed by atoms with van der Waals surface area (Å²) in [5, 5.41) is 5.82. The highest BCUT2D eigenvalue weighted by atomic mass is 16.1. The van der Waals surface area contributed by atoms with Gasteiger partial charge in [0.1, 0.15) is 5.82 Å². The zero-order valence-electron chi connectivity index (χ0n) is 14.8. The maximum absolute atomic E-state index is 11.4. The Morgan fingerprint density at radius 3 is 2.50 bits per heavy atom. The number of anilines is 2. The van der Waals surface area contributed by atoms with Crippen LogP contribution in [-0.4, -0.2) is 17.9 Å². The molecule has 0 spiro atoms. The molecule has 0 atom stereocenters. The molecule has 0 fully saturated rings. The van der Waals surface area contributed by atoms with Crippen molar-refractivity contribution in [3.8, 4) is 11.1 Å². The van der Waals surface area contributed by atoms with E-state index in [9.17, 15) is 4.79 Å². The van der Waals surface area contributed by atoms with E-state index in [1.165, 1.54) is 6.08 Å². The molecule has 0 radical (unpaired) electrons. The fraction of sp³-hybridized carbons (Fsp3) is 0.200. The first kappa shape index (κ1) is 19.2. The number of allylic oxidation sites excluding steroid dienone is 1. The van der Waals surface area contributed by atoms with Gasteiger partial charge < -0.3 is 10.6 Å². The van der Waals surface area contributed by atoms with Gasteiger partial charge in [-0.3, -0.25) is 4.79 Å². The van der Waals surface area contributed by atoms with E-state index in [1.54, 1.807) is 6.20 Å². The molecule has 1 aromatic carbocycles. The molecule has 1 heterocycles. The first-order valence-corrected chi connectivity index (χ1v) is 7.92. The van der Waals surface area contributed by atoms with E-state index in [1.807, 2.05) is 58.2 Å². The Morgan fingerprint density at radius 2 is 1.92 bits per heavy atom. The molecule has 4 heteroatoms. The van der Waals surface area contributed by atoms with Gasteiger partial charge in [-0.2, -0.15) is 0 Å². The van der Waals surface area contributed by atoms with Gasteiger partial charge in [0.05, 0.1) is 0 Å². The zero-order valence-corrected chi connectivity index (χ0v) is 14.8. The number of benzene rings is 1. The molecule has 0 unspecified atom stereocenters. The number of nitrogens with zero attached hydrogens (tertiary/aromatic N) is 1. The molecule has 126 valence electrons. The number of carbonyl (C=O) groups is 1. The van der Waals surface area contributed by atoms with Crippen molar-refractivity contribution in [2.75, 3.05) is 17.7 Å². The van der Waals surface area contributed by atoms with Crippen molar-refractivity contribution in [1.82, 2.24) is 4.98 Å². The maximum Gasteiger partial charge on any atom is 0.247 e. The lowest BCUT2D eigenvalue weighted by molar-refractivity contribution is -0.111. The molecular formula is C20H25N3O. The normalized spacial score (nSPS) is 9.33. The maximum atomic E-state index is 11.4. The number of hydrogen-bond donors (Lipinski definition) is 2. The van der Waals surface area contributed by atoms with Crippen molar-refractivity contribution in [2.24, 2.45) is 0 Å². The molecule has 2 aromatic rings. The Labute approximate surface area is 144 Å². The summed E-state index contributed by atoms with van der Waals surface area (Å²) >= 11 is 0. The van der Waals surface area contributed by atoms with Crippen LogP contribution in [0, 0.1) is 0 Å². The summed E-state index contributed by atoms with van der Waals surface area (Å²) < 4.78 is 0. The van der Waals surface area contributed by atoms with E-state index in [4.69, 9.17) is 0 Å². The molecule has 0 aliphatic rings. The molecule has 0 aliphatic carbocycles. The Bertz CT molecular complexity index is 735. The number of aromatic nitrogens is 1. The summed E-state index contributed by atoms with van der Waals surface area (Å²) in [6, 6.07) is 9.64. The third-order valence-electron chi connectivity index (χ3n) is 3.23. The molecule has 1 amide bonds. The van der Waals surface area contributed by atoms with Crippen molar-refractivity contribution in [3.05, 3.63) is 61.3 Å². The van der Waals surface area contributed by atoms with Crippen LogP contribution >= 0.6 is 0 Å². The van der Waals surface area contributed by atoms with E-state index < -0.39 is 0 Å². The Morgan fingerprint density at radius 1 is 1.21 bits per heavy atom. The van der Waals surface area contributed by atoms with Crippen molar-refractivity contribution in [3.63, 3.8) is 0 Å². The molecule has 0 bridgehead atoms. The van der Waals surface area contributed by atoms with E-state index in [-0.39, 0.29) is 5.91 Å². The molecule has 0 saturated heterocycles. The lowest BCUT2D eigenvalue weighted by Gasteiger charge is -2.11. The van der Waals surface area contributed by atoms with Gasteiger partial charge in [-0.05, 0) is 42.3 Å². The highest BCUT2D eigenvalue weighted by Crippen LogP contribution is 2.28. The van der Waals surface area contributed by atoms with Crippen molar-refractivity contribution >= 4 is 23.0 Å². The first-order valence-electron chi connectivity index (χ1n) is 7.92. The van der Waals surface area contributed by atoms with E-state index in [0.29, 0.717) is 0 Å². The molecule has 0 aliphatic heterocycles. The fourth-order valence-corrected chi connectivity index (χ4v) is 2.12. The van der Waals surface area contributed by atoms with Crippen molar-refractivity contribution in [2.45, 2.75) is 20.8 Å². The Kier molecular flexibility index (Phi) is 7.43. The molecule has 2 N–H and O–H groups in total. The molecule has 0 saturated carbocycles. The summed E-state index contributed by atoms with van der Waals surface area (Å²) in [6.07, 6.45) is 3.04. The predicted octanol–water partition coefficient (Wildman–Crippen LogP) is 4.97. The highest BCUT2D eigenvalue weighted by Gasteiger charge is 2.07. The summed E-state index contributed by atoms with van der Waals surface area (Å²) in [6.45, 7) is 13.4. The summed E-state index contributed by atoms with van der Waals surface area (Å²) in [4.78, 5) is 15.8. The van der Waals surface area contributed by atoms with Crippen LogP contribution in [0.15, 0.2) is 55.8 Å².